The molecule has 116 valence electrons. The van der Waals surface area contributed by atoms with Gasteiger partial charge in [0.1, 0.15) is 5.75 Å². The molecule has 0 spiro atoms. The molecule has 0 radical (unpaired) electrons. The average molecular weight is 326 g/mol. The third-order valence-electron chi connectivity index (χ3n) is 3.53. The van der Waals surface area contributed by atoms with Crippen LogP contribution in [-0.4, -0.2) is 12.0 Å². The van der Waals surface area contributed by atoms with E-state index in [1.54, 1.807) is 31.2 Å². The Kier molecular flexibility index (Phi) is 4.49. The predicted molar refractivity (Wildman–Crippen MR) is 94.1 cm³/mol. The van der Waals surface area contributed by atoms with Gasteiger partial charge in [-0.2, -0.15) is 0 Å². The molecule has 3 aromatic carbocycles. The molecule has 0 aliphatic heterocycles. The summed E-state index contributed by atoms with van der Waals surface area (Å²) in [7, 11) is 0. The van der Waals surface area contributed by atoms with Crippen molar-refractivity contribution in [3.05, 3.63) is 71.8 Å². The molecular formula is C19H16ClNO2. The van der Waals surface area contributed by atoms with Crippen molar-refractivity contribution in [1.82, 2.24) is 0 Å². The van der Waals surface area contributed by atoms with Gasteiger partial charge in [-0.15, -0.1) is 0 Å². The number of amides is 1. The van der Waals surface area contributed by atoms with Crippen LogP contribution in [0.15, 0.2) is 66.7 Å². The van der Waals surface area contributed by atoms with Gasteiger partial charge in [-0.3, -0.25) is 4.79 Å². The molecule has 0 aromatic heterocycles. The molecule has 3 aromatic rings. The SMILES string of the molecule is C[C@@H](Oc1cccc(Cl)c1)C(=O)Nc1cccc2ccccc12. The van der Waals surface area contributed by atoms with Gasteiger partial charge in [-0.25, -0.2) is 0 Å². The molecular weight excluding hydrogens is 310 g/mol. The zero-order valence-corrected chi connectivity index (χ0v) is 13.4. The van der Waals surface area contributed by atoms with Gasteiger partial charge >= 0.3 is 0 Å². The number of fused-ring (bicyclic) bond motifs is 1. The Labute approximate surface area is 139 Å². The normalized spacial score (nSPS) is 11.9. The van der Waals surface area contributed by atoms with Gasteiger partial charge in [0, 0.05) is 16.1 Å². The highest BCUT2D eigenvalue weighted by molar-refractivity contribution is 6.30. The number of benzene rings is 3. The summed E-state index contributed by atoms with van der Waals surface area (Å²) in [5.74, 6) is 0.361. The number of carbonyl (C=O) groups excluding carboxylic acids is 1. The third kappa shape index (κ3) is 3.63. The number of rotatable bonds is 4. The lowest BCUT2D eigenvalue weighted by atomic mass is 10.1. The molecule has 3 nitrogen and oxygen atoms in total. The maximum absolute atomic E-state index is 12.4. The first kappa shape index (κ1) is 15.4. The van der Waals surface area contributed by atoms with Gasteiger partial charge in [0.25, 0.3) is 5.91 Å². The third-order valence-corrected chi connectivity index (χ3v) is 3.76. The topological polar surface area (TPSA) is 38.3 Å². The number of halogens is 1. The van der Waals surface area contributed by atoms with Crippen LogP contribution in [0.4, 0.5) is 5.69 Å². The summed E-state index contributed by atoms with van der Waals surface area (Å²) in [4.78, 5) is 12.4. The second-order valence-electron chi connectivity index (χ2n) is 5.23. The Bertz CT molecular complexity index is 842. The van der Waals surface area contributed by atoms with Gasteiger partial charge in [0.2, 0.25) is 0 Å². The van der Waals surface area contributed by atoms with E-state index < -0.39 is 6.10 Å². The van der Waals surface area contributed by atoms with Gasteiger partial charge in [0.05, 0.1) is 0 Å². The first-order valence-corrected chi connectivity index (χ1v) is 7.72. The van der Waals surface area contributed by atoms with Gasteiger partial charge in [-0.05, 0) is 36.6 Å². The summed E-state index contributed by atoms with van der Waals surface area (Å²) in [6.07, 6.45) is -0.632. The molecule has 1 N–H and O–H groups in total. The van der Waals surface area contributed by atoms with Crippen molar-refractivity contribution in [2.24, 2.45) is 0 Å². The molecule has 3 rings (SSSR count). The van der Waals surface area contributed by atoms with Crippen molar-refractivity contribution in [3.8, 4) is 5.75 Å². The summed E-state index contributed by atoms with van der Waals surface area (Å²) in [5, 5.41) is 5.57. The summed E-state index contributed by atoms with van der Waals surface area (Å²) in [6.45, 7) is 1.71. The highest BCUT2D eigenvalue weighted by atomic mass is 35.5. The molecule has 0 unspecified atom stereocenters. The summed E-state index contributed by atoms with van der Waals surface area (Å²) in [5.41, 5.74) is 0.773. The minimum atomic E-state index is -0.632. The van der Waals surface area contributed by atoms with E-state index in [1.165, 1.54) is 0 Å². The smallest absolute Gasteiger partial charge is 0.265 e. The first-order valence-electron chi connectivity index (χ1n) is 7.34. The maximum Gasteiger partial charge on any atom is 0.265 e. The molecule has 0 saturated carbocycles. The maximum atomic E-state index is 12.4. The fraction of sp³-hybridized carbons (Fsp3) is 0.105. The van der Waals surface area contributed by atoms with Crippen LogP contribution in [0.3, 0.4) is 0 Å². The number of ether oxygens (including phenoxy) is 1. The Balaban J connectivity index is 1.75. The lowest BCUT2D eigenvalue weighted by molar-refractivity contribution is -0.122. The molecule has 0 aliphatic carbocycles. The summed E-state index contributed by atoms with van der Waals surface area (Å²) >= 11 is 5.92. The van der Waals surface area contributed by atoms with E-state index in [0.29, 0.717) is 10.8 Å². The van der Waals surface area contributed by atoms with E-state index in [-0.39, 0.29) is 5.91 Å². The van der Waals surface area contributed by atoms with E-state index in [1.807, 2.05) is 42.5 Å². The van der Waals surface area contributed by atoms with Crippen LogP contribution in [-0.2, 0) is 4.79 Å². The second-order valence-corrected chi connectivity index (χ2v) is 5.67. The number of hydrogen-bond donors (Lipinski definition) is 1. The van der Waals surface area contributed by atoms with Crippen LogP contribution in [0.2, 0.25) is 5.02 Å². The van der Waals surface area contributed by atoms with Crippen molar-refractivity contribution < 1.29 is 9.53 Å². The zero-order chi connectivity index (χ0) is 16.2. The van der Waals surface area contributed by atoms with Crippen molar-refractivity contribution in [2.45, 2.75) is 13.0 Å². The molecule has 0 aliphatic rings. The minimum absolute atomic E-state index is 0.207. The Morgan fingerprint density at radius 1 is 1.04 bits per heavy atom. The summed E-state index contributed by atoms with van der Waals surface area (Å²) in [6, 6.07) is 20.7. The van der Waals surface area contributed by atoms with Crippen LogP contribution < -0.4 is 10.1 Å². The van der Waals surface area contributed by atoms with Crippen molar-refractivity contribution in [1.29, 1.82) is 0 Å². The number of nitrogens with one attached hydrogen (secondary N) is 1. The van der Waals surface area contributed by atoms with E-state index in [2.05, 4.69) is 5.32 Å². The molecule has 0 saturated heterocycles. The Morgan fingerprint density at radius 3 is 2.61 bits per heavy atom. The monoisotopic (exact) mass is 325 g/mol. The molecule has 4 heteroatoms. The van der Waals surface area contributed by atoms with Crippen LogP contribution in [0, 0.1) is 0 Å². The van der Waals surface area contributed by atoms with Gasteiger partial charge in [0.15, 0.2) is 6.10 Å². The largest absolute Gasteiger partial charge is 0.481 e. The van der Waals surface area contributed by atoms with Gasteiger partial charge < -0.3 is 10.1 Å². The lowest BCUT2D eigenvalue weighted by Crippen LogP contribution is -2.30. The molecule has 0 heterocycles. The lowest BCUT2D eigenvalue weighted by Gasteiger charge is -2.16. The van der Waals surface area contributed by atoms with E-state index >= 15 is 0 Å². The highest BCUT2D eigenvalue weighted by Crippen LogP contribution is 2.24. The predicted octanol–water partition coefficient (Wildman–Crippen LogP) is 4.90. The van der Waals surface area contributed by atoms with E-state index in [9.17, 15) is 4.79 Å². The molecule has 1 amide bonds. The number of hydrogen-bond acceptors (Lipinski definition) is 2. The highest BCUT2D eigenvalue weighted by Gasteiger charge is 2.16. The fourth-order valence-corrected chi connectivity index (χ4v) is 2.55. The quantitative estimate of drug-likeness (QED) is 0.741. The van der Waals surface area contributed by atoms with Gasteiger partial charge in [-0.1, -0.05) is 54.1 Å². The van der Waals surface area contributed by atoms with Crippen LogP contribution >= 0.6 is 11.6 Å². The number of anilines is 1. The van der Waals surface area contributed by atoms with Crippen LogP contribution in [0.1, 0.15) is 6.92 Å². The minimum Gasteiger partial charge on any atom is -0.481 e. The van der Waals surface area contributed by atoms with Crippen molar-refractivity contribution in [2.75, 3.05) is 5.32 Å². The van der Waals surface area contributed by atoms with Crippen molar-refractivity contribution >= 4 is 34.0 Å². The molecule has 0 fully saturated rings. The van der Waals surface area contributed by atoms with E-state index in [0.717, 1.165) is 16.5 Å². The fourth-order valence-electron chi connectivity index (χ4n) is 2.37. The molecule has 0 bridgehead atoms. The van der Waals surface area contributed by atoms with Crippen LogP contribution in [0.5, 0.6) is 5.75 Å². The van der Waals surface area contributed by atoms with E-state index in [4.69, 9.17) is 16.3 Å². The average Bonchev–Trinajstić information content (AvgIpc) is 2.55. The zero-order valence-electron chi connectivity index (χ0n) is 12.6. The van der Waals surface area contributed by atoms with Crippen LogP contribution in [0.25, 0.3) is 10.8 Å². The molecule has 1 atom stereocenters. The standard InChI is InChI=1S/C19H16ClNO2/c1-13(23-16-9-5-8-15(20)12-16)19(22)21-18-11-4-7-14-6-2-3-10-17(14)18/h2-13H,1H3,(H,21,22)/t13-/m1/s1. The molecule has 23 heavy (non-hydrogen) atoms. The first-order chi connectivity index (χ1) is 11.1. The Hall–Kier alpha value is -2.52. The number of carbonyl (C=O) groups is 1. The summed E-state index contributed by atoms with van der Waals surface area (Å²) < 4.78 is 5.64. The van der Waals surface area contributed by atoms with Crippen molar-refractivity contribution in [3.63, 3.8) is 0 Å². The second kappa shape index (κ2) is 6.71. The Morgan fingerprint density at radius 2 is 1.78 bits per heavy atom.